The van der Waals surface area contributed by atoms with E-state index in [0.717, 1.165) is 25.1 Å². The van der Waals surface area contributed by atoms with Gasteiger partial charge in [-0.1, -0.05) is 43.2 Å². The molecular formula is C26H23F7N4O. The van der Waals surface area contributed by atoms with E-state index < -0.39 is 52.4 Å². The zero-order valence-corrected chi connectivity index (χ0v) is 19.8. The Bertz CT molecular complexity index is 1270. The number of aromatic nitrogens is 2. The van der Waals surface area contributed by atoms with Crippen LogP contribution in [0.3, 0.4) is 0 Å². The van der Waals surface area contributed by atoms with Crippen LogP contribution in [0.1, 0.15) is 53.9 Å². The molecule has 2 N–H and O–H groups in total. The van der Waals surface area contributed by atoms with Crippen molar-refractivity contribution in [2.45, 2.75) is 56.0 Å². The molecule has 0 saturated heterocycles. The van der Waals surface area contributed by atoms with Crippen molar-refractivity contribution in [1.82, 2.24) is 20.6 Å². The monoisotopic (exact) mass is 540 g/mol. The van der Waals surface area contributed by atoms with Gasteiger partial charge < -0.3 is 10.6 Å². The number of alkyl halides is 6. The molecule has 2 amide bonds. The van der Waals surface area contributed by atoms with Crippen LogP contribution in [0.25, 0.3) is 0 Å². The number of carbonyl (C=O) groups is 1. The van der Waals surface area contributed by atoms with E-state index >= 15 is 0 Å². The van der Waals surface area contributed by atoms with Crippen molar-refractivity contribution in [2.24, 2.45) is 0 Å². The Balaban J connectivity index is 1.95. The second-order valence-electron chi connectivity index (χ2n) is 9.14. The van der Waals surface area contributed by atoms with E-state index in [1.165, 1.54) is 0 Å². The summed E-state index contributed by atoms with van der Waals surface area (Å²) in [7, 11) is 0. The molecule has 5 nitrogen and oxygen atoms in total. The van der Waals surface area contributed by atoms with E-state index in [0.29, 0.717) is 30.5 Å². The van der Waals surface area contributed by atoms with Gasteiger partial charge in [-0.05, 0) is 48.2 Å². The maximum atomic E-state index is 14.6. The highest BCUT2D eigenvalue weighted by molar-refractivity contribution is 5.76. The first-order valence-corrected chi connectivity index (χ1v) is 11.8. The summed E-state index contributed by atoms with van der Waals surface area (Å²) in [6.45, 7) is 0. The number of amides is 2. The number of hydrogen-bond acceptors (Lipinski definition) is 3. The maximum Gasteiger partial charge on any atom is 0.433 e. The molecule has 1 aliphatic carbocycles. The Hall–Kier alpha value is -3.70. The van der Waals surface area contributed by atoms with Crippen molar-refractivity contribution in [2.75, 3.05) is 0 Å². The average molecular weight is 540 g/mol. The fourth-order valence-corrected chi connectivity index (χ4v) is 4.59. The zero-order valence-electron chi connectivity index (χ0n) is 19.8. The van der Waals surface area contributed by atoms with Gasteiger partial charge in [0.2, 0.25) is 0 Å². The predicted octanol–water partition coefficient (Wildman–Crippen LogP) is 6.38. The Morgan fingerprint density at radius 2 is 1.55 bits per heavy atom. The molecule has 0 spiro atoms. The molecule has 1 atom stereocenters. The summed E-state index contributed by atoms with van der Waals surface area (Å²) >= 11 is 0. The Labute approximate surface area is 213 Å². The molecule has 2 aromatic carbocycles. The lowest BCUT2D eigenvalue weighted by molar-refractivity contribution is -0.141. The molecule has 1 heterocycles. The van der Waals surface area contributed by atoms with Gasteiger partial charge in [0.25, 0.3) is 0 Å². The Kier molecular flexibility index (Phi) is 7.61. The minimum atomic E-state index is -4.98. The summed E-state index contributed by atoms with van der Waals surface area (Å²) in [6.07, 6.45) is -6.42. The molecule has 0 radical (unpaired) electrons. The number of carbonyl (C=O) groups excluding carboxylic acids is 1. The normalized spacial score (nSPS) is 16.2. The van der Waals surface area contributed by atoms with Crippen LogP contribution in [0, 0.1) is 5.82 Å². The van der Waals surface area contributed by atoms with E-state index in [1.807, 2.05) is 0 Å². The lowest BCUT2D eigenvalue weighted by Crippen LogP contribution is -2.54. The molecule has 1 fully saturated rings. The molecule has 38 heavy (non-hydrogen) atoms. The topological polar surface area (TPSA) is 66.9 Å². The van der Waals surface area contributed by atoms with Gasteiger partial charge in [0.1, 0.15) is 17.1 Å². The van der Waals surface area contributed by atoms with E-state index in [2.05, 4.69) is 20.6 Å². The summed E-state index contributed by atoms with van der Waals surface area (Å²) < 4.78 is 96.5. The zero-order chi connectivity index (χ0) is 27.6. The number of nitrogens with one attached hydrogen (secondary N) is 2. The van der Waals surface area contributed by atoms with Crippen LogP contribution in [-0.2, 0) is 24.3 Å². The number of halogens is 7. The number of nitrogens with zero attached hydrogens (tertiary/aromatic N) is 2. The van der Waals surface area contributed by atoms with Gasteiger partial charge in [-0.3, -0.25) is 0 Å². The second kappa shape index (κ2) is 10.6. The summed E-state index contributed by atoms with van der Waals surface area (Å²) in [6, 6.07) is 9.13. The Morgan fingerprint density at radius 3 is 2.18 bits per heavy atom. The molecule has 1 unspecified atom stereocenters. The largest absolute Gasteiger partial charge is 0.433 e. The van der Waals surface area contributed by atoms with Crippen LogP contribution in [0.4, 0.5) is 35.5 Å². The molecule has 1 aromatic heterocycles. The first-order chi connectivity index (χ1) is 17.9. The third-order valence-electron chi connectivity index (χ3n) is 6.38. The van der Waals surface area contributed by atoms with Crippen LogP contribution in [-0.4, -0.2) is 22.0 Å². The smallest absolute Gasteiger partial charge is 0.335 e. The fourth-order valence-electron chi connectivity index (χ4n) is 4.59. The van der Waals surface area contributed by atoms with E-state index in [1.54, 1.807) is 30.3 Å². The van der Waals surface area contributed by atoms with Crippen molar-refractivity contribution in [1.29, 1.82) is 0 Å². The van der Waals surface area contributed by atoms with Gasteiger partial charge in [-0.25, -0.2) is 19.2 Å². The van der Waals surface area contributed by atoms with E-state index in [9.17, 15) is 35.5 Å². The lowest BCUT2D eigenvalue weighted by atomic mass is 9.81. The highest BCUT2D eigenvalue weighted by Crippen LogP contribution is 2.38. The van der Waals surface area contributed by atoms with Crippen LogP contribution in [0.2, 0.25) is 0 Å². The molecule has 202 valence electrons. The SMILES string of the molecule is O=C(NC1CCCC1)NC(Cc1ccccc1)(c1cc(F)cc(C(F)(F)F)c1)c1nccc(C(F)(F)F)n1. The molecule has 4 rings (SSSR count). The minimum absolute atomic E-state index is 0.231. The van der Waals surface area contributed by atoms with Crippen LogP contribution in [0.15, 0.2) is 60.8 Å². The second-order valence-corrected chi connectivity index (χ2v) is 9.14. The number of benzene rings is 2. The Morgan fingerprint density at radius 1 is 0.895 bits per heavy atom. The number of rotatable bonds is 6. The van der Waals surface area contributed by atoms with Crippen molar-refractivity contribution in [3.05, 3.63) is 94.8 Å². The van der Waals surface area contributed by atoms with Gasteiger partial charge in [-0.2, -0.15) is 26.3 Å². The standard InChI is InChI=1S/C26H23F7N4O/c27-19-13-17(12-18(14-19)25(28,29)30)24(15-16-6-2-1-3-7-16,37-23(38)35-20-8-4-5-9-20)22-34-11-10-21(36-22)26(31,32)33/h1-3,6-7,10-14,20H,4-5,8-9,15H2,(H2,35,37,38). The van der Waals surface area contributed by atoms with Crippen molar-refractivity contribution >= 4 is 6.03 Å². The van der Waals surface area contributed by atoms with Gasteiger partial charge in [0.05, 0.1) is 5.56 Å². The highest BCUT2D eigenvalue weighted by Gasteiger charge is 2.44. The molecular weight excluding hydrogens is 517 g/mol. The van der Waals surface area contributed by atoms with Gasteiger partial charge in [0.15, 0.2) is 5.82 Å². The molecule has 12 heteroatoms. The predicted molar refractivity (Wildman–Crippen MR) is 123 cm³/mol. The van der Waals surface area contributed by atoms with Gasteiger partial charge >= 0.3 is 18.4 Å². The lowest BCUT2D eigenvalue weighted by Gasteiger charge is -2.35. The van der Waals surface area contributed by atoms with E-state index in [4.69, 9.17) is 0 Å². The van der Waals surface area contributed by atoms with Crippen LogP contribution < -0.4 is 10.6 Å². The first-order valence-electron chi connectivity index (χ1n) is 11.8. The minimum Gasteiger partial charge on any atom is -0.335 e. The molecule has 0 bridgehead atoms. The summed E-state index contributed by atoms with van der Waals surface area (Å²) in [5.74, 6) is -1.94. The van der Waals surface area contributed by atoms with Gasteiger partial charge in [0, 0.05) is 18.7 Å². The summed E-state index contributed by atoms with van der Waals surface area (Å²) in [5.41, 5.74) is -4.99. The van der Waals surface area contributed by atoms with Crippen molar-refractivity contribution < 1.29 is 35.5 Å². The van der Waals surface area contributed by atoms with Crippen LogP contribution >= 0.6 is 0 Å². The maximum absolute atomic E-state index is 14.6. The van der Waals surface area contributed by atoms with Crippen LogP contribution in [0.5, 0.6) is 0 Å². The van der Waals surface area contributed by atoms with Gasteiger partial charge in [-0.15, -0.1) is 0 Å². The molecule has 1 saturated carbocycles. The molecule has 1 aliphatic rings. The summed E-state index contributed by atoms with van der Waals surface area (Å²) in [5, 5.41) is 5.27. The summed E-state index contributed by atoms with van der Waals surface area (Å²) in [4.78, 5) is 20.7. The highest BCUT2D eigenvalue weighted by atomic mass is 19.4. The quantitative estimate of drug-likeness (QED) is 0.357. The molecule has 0 aliphatic heterocycles. The van der Waals surface area contributed by atoms with Crippen molar-refractivity contribution in [3.8, 4) is 0 Å². The van der Waals surface area contributed by atoms with Crippen molar-refractivity contribution in [3.63, 3.8) is 0 Å². The van der Waals surface area contributed by atoms with E-state index in [-0.39, 0.29) is 18.5 Å². The third kappa shape index (κ3) is 6.22. The molecule has 3 aromatic rings. The third-order valence-corrected chi connectivity index (χ3v) is 6.38. The number of urea groups is 1. The average Bonchev–Trinajstić information content (AvgIpc) is 3.36. The number of hydrogen-bond donors (Lipinski definition) is 2. The first kappa shape index (κ1) is 27.3. The fraction of sp³-hybridized carbons (Fsp3) is 0.346.